The molecule has 0 bridgehead atoms. The van der Waals surface area contributed by atoms with Crippen molar-refractivity contribution in [3.05, 3.63) is 58.2 Å². The van der Waals surface area contributed by atoms with Crippen molar-refractivity contribution in [3.8, 4) is 0 Å². The topological polar surface area (TPSA) is 33.2 Å². The van der Waals surface area contributed by atoms with E-state index < -0.39 is 17.0 Å². The summed E-state index contributed by atoms with van der Waals surface area (Å²) in [6.45, 7) is 2.87. The number of rotatable bonds is 3. The molecule has 1 aromatic carbocycles. The van der Waals surface area contributed by atoms with Gasteiger partial charge in [0.2, 0.25) is 5.91 Å². The number of hydrogen-bond acceptors (Lipinski definition) is 3. The van der Waals surface area contributed by atoms with Crippen LogP contribution in [0.5, 0.6) is 0 Å². The molecule has 0 fully saturated rings. The summed E-state index contributed by atoms with van der Waals surface area (Å²) in [4.78, 5) is 18.3. The van der Waals surface area contributed by atoms with Crippen molar-refractivity contribution >= 4 is 29.3 Å². The van der Waals surface area contributed by atoms with E-state index in [9.17, 15) is 18.0 Å². The first-order valence-electron chi connectivity index (χ1n) is 8.00. The maximum Gasteiger partial charge on any atom is 0.417 e. The van der Waals surface area contributed by atoms with Crippen molar-refractivity contribution < 1.29 is 18.0 Å². The Morgan fingerprint density at radius 1 is 1.31 bits per heavy atom. The van der Waals surface area contributed by atoms with Gasteiger partial charge in [-0.3, -0.25) is 4.79 Å². The highest BCUT2D eigenvalue weighted by Crippen LogP contribution is 2.35. The van der Waals surface area contributed by atoms with Gasteiger partial charge in [-0.05, 0) is 30.5 Å². The third kappa shape index (κ3) is 4.15. The predicted octanol–water partition coefficient (Wildman–Crippen LogP) is 4.82. The fraction of sp³-hybridized carbons (Fsp3) is 0.333. The lowest BCUT2D eigenvalue weighted by Gasteiger charge is -2.30. The number of benzene rings is 1. The summed E-state index contributed by atoms with van der Waals surface area (Å²) in [5.74, 6) is -0.0812. The van der Waals surface area contributed by atoms with Crippen LogP contribution in [0, 0.1) is 0 Å². The minimum atomic E-state index is -4.50. The van der Waals surface area contributed by atoms with Gasteiger partial charge in [0.25, 0.3) is 0 Å². The van der Waals surface area contributed by atoms with Gasteiger partial charge in [0, 0.05) is 19.3 Å². The minimum absolute atomic E-state index is 0.0812. The number of thioether (sulfide) groups is 1. The average molecular weight is 401 g/mol. The van der Waals surface area contributed by atoms with Crippen LogP contribution in [0.2, 0.25) is 5.02 Å². The van der Waals surface area contributed by atoms with Gasteiger partial charge >= 0.3 is 6.18 Å². The lowest BCUT2D eigenvalue weighted by atomic mass is 10.00. The molecule has 26 heavy (non-hydrogen) atoms. The molecule has 0 saturated carbocycles. The van der Waals surface area contributed by atoms with Crippen molar-refractivity contribution in [1.82, 2.24) is 9.88 Å². The largest absolute Gasteiger partial charge is 0.417 e. The van der Waals surface area contributed by atoms with Crippen LogP contribution < -0.4 is 0 Å². The number of aromatic nitrogens is 1. The summed E-state index contributed by atoms with van der Waals surface area (Å²) < 4.78 is 38.1. The molecule has 8 heteroatoms. The second kappa shape index (κ2) is 7.48. The second-order valence-electron chi connectivity index (χ2n) is 6.05. The van der Waals surface area contributed by atoms with E-state index in [1.165, 1.54) is 5.56 Å². The lowest BCUT2D eigenvalue weighted by molar-refractivity contribution is -0.138. The van der Waals surface area contributed by atoms with Crippen LogP contribution in [0.3, 0.4) is 0 Å². The van der Waals surface area contributed by atoms with Crippen LogP contribution in [-0.2, 0) is 23.9 Å². The Morgan fingerprint density at radius 2 is 2.00 bits per heavy atom. The van der Waals surface area contributed by atoms with Crippen LogP contribution in [0.4, 0.5) is 13.2 Å². The number of pyridine rings is 1. The van der Waals surface area contributed by atoms with Gasteiger partial charge in [-0.2, -0.15) is 13.2 Å². The quantitative estimate of drug-likeness (QED) is 0.692. The second-order valence-corrected chi connectivity index (χ2v) is 7.78. The van der Waals surface area contributed by atoms with E-state index in [0.29, 0.717) is 13.1 Å². The zero-order chi connectivity index (χ0) is 18.9. The van der Waals surface area contributed by atoms with E-state index >= 15 is 0 Å². The first-order chi connectivity index (χ1) is 12.3. The average Bonchev–Trinajstić information content (AvgIpc) is 2.61. The number of nitrogens with zero attached hydrogens (tertiary/aromatic N) is 2. The molecule has 0 unspecified atom stereocenters. The number of fused-ring (bicyclic) bond motifs is 1. The van der Waals surface area contributed by atoms with Crippen molar-refractivity contribution in [1.29, 1.82) is 0 Å². The molecule has 1 aliphatic heterocycles. The molecule has 2 aromatic rings. The van der Waals surface area contributed by atoms with Crippen molar-refractivity contribution in [2.75, 3.05) is 6.54 Å². The van der Waals surface area contributed by atoms with E-state index in [2.05, 4.69) is 11.1 Å². The minimum Gasteiger partial charge on any atom is -0.337 e. The zero-order valence-corrected chi connectivity index (χ0v) is 15.5. The maximum absolute atomic E-state index is 12.7. The molecule has 2 heterocycles. The van der Waals surface area contributed by atoms with Crippen molar-refractivity contribution in [3.63, 3.8) is 0 Å². The summed E-state index contributed by atoms with van der Waals surface area (Å²) >= 11 is 7.00. The predicted molar refractivity (Wildman–Crippen MR) is 95.1 cm³/mol. The van der Waals surface area contributed by atoms with Crippen LogP contribution in [0.25, 0.3) is 0 Å². The number of hydrogen-bond donors (Lipinski definition) is 0. The van der Waals surface area contributed by atoms with Gasteiger partial charge in [-0.1, -0.05) is 47.6 Å². The number of alkyl halides is 3. The zero-order valence-electron chi connectivity index (χ0n) is 13.9. The molecule has 3 rings (SSSR count). The van der Waals surface area contributed by atoms with E-state index in [0.717, 1.165) is 36.0 Å². The number of halogens is 4. The summed E-state index contributed by atoms with van der Waals surface area (Å²) in [6.07, 6.45) is -2.97. The maximum atomic E-state index is 12.7. The fourth-order valence-corrected chi connectivity index (χ4v) is 4.00. The van der Waals surface area contributed by atoms with Gasteiger partial charge in [0.1, 0.15) is 5.03 Å². The Labute approximate surface area is 158 Å². The molecule has 0 N–H and O–H groups in total. The molecular formula is C18H16ClF3N2OS. The molecule has 1 atom stereocenters. The molecule has 0 radical (unpaired) electrons. The van der Waals surface area contributed by atoms with Crippen molar-refractivity contribution in [2.45, 2.75) is 36.3 Å². The molecule has 1 aromatic heterocycles. The molecule has 1 amide bonds. The molecular weight excluding hydrogens is 385 g/mol. The normalized spacial score (nSPS) is 15.5. The summed E-state index contributed by atoms with van der Waals surface area (Å²) in [5.41, 5.74) is 1.46. The Hall–Kier alpha value is -1.73. The van der Waals surface area contributed by atoms with E-state index in [1.54, 1.807) is 11.8 Å². The fourth-order valence-electron chi connectivity index (χ4n) is 2.83. The smallest absolute Gasteiger partial charge is 0.337 e. The Balaban J connectivity index is 1.69. The van der Waals surface area contributed by atoms with Gasteiger partial charge in [0.15, 0.2) is 0 Å². The third-order valence-electron chi connectivity index (χ3n) is 4.21. The lowest BCUT2D eigenvalue weighted by Crippen LogP contribution is -2.40. The SMILES string of the molecule is C[C@H](Sc1ncc(C(F)(F)F)cc1Cl)C(=O)N1CCc2ccccc2C1. The van der Waals surface area contributed by atoms with Crippen LogP contribution >= 0.6 is 23.4 Å². The van der Waals surface area contributed by atoms with Gasteiger partial charge < -0.3 is 4.90 Å². The Kier molecular flexibility index (Phi) is 5.48. The summed E-state index contributed by atoms with van der Waals surface area (Å²) in [7, 11) is 0. The van der Waals surface area contributed by atoms with Gasteiger partial charge in [0.05, 0.1) is 15.8 Å². The number of carbonyl (C=O) groups is 1. The van der Waals surface area contributed by atoms with E-state index in [1.807, 2.05) is 18.2 Å². The van der Waals surface area contributed by atoms with Crippen LogP contribution in [0.1, 0.15) is 23.6 Å². The third-order valence-corrected chi connectivity index (χ3v) is 5.72. The molecule has 0 aliphatic carbocycles. The molecule has 138 valence electrons. The first-order valence-corrected chi connectivity index (χ1v) is 9.26. The van der Waals surface area contributed by atoms with Gasteiger partial charge in [-0.25, -0.2) is 4.98 Å². The van der Waals surface area contributed by atoms with E-state index in [-0.39, 0.29) is 16.0 Å². The van der Waals surface area contributed by atoms with Gasteiger partial charge in [-0.15, -0.1) is 0 Å². The molecule has 0 spiro atoms. The summed E-state index contributed by atoms with van der Waals surface area (Å²) in [6, 6.07) is 8.82. The Morgan fingerprint density at radius 3 is 2.65 bits per heavy atom. The highest BCUT2D eigenvalue weighted by atomic mass is 35.5. The monoisotopic (exact) mass is 400 g/mol. The molecule has 1 aliphatic rings. The highest BCUT2D eigenvalue weighted by Gasteiger charge is 2.32. The van der Waals surface area contributed by atoms with Crippen molar-refractivity contribution in [2.24, 2.45) is 0 Å². The molecule has 3 nitrogen and oxygen atoms in total. The molecule has 0 saturated heterocycles. The number of amides is 1. The standard InChI is InChI=1S/C18H16ClF3N2OS/c1-11(26-16-15(19)8-14(9-23-16)18(20,21)22)17(25)24-7-6-12-4-2-3-5-13(12)10-24/h2-5,8-9,11H,6-7,10H2,1H3/t11-/m0/s1. The first kappa shape index (κ1) is 19.0. The Bertz CT molecular complexity index is 828. The number of carbonyl (C=O) groups excluding carboxylic acids is 1. The summed E-state index contributed by atoms with van der Waals surface area (Å²) in [5, 5.41) is -0.381. The highest BCUT2D eigenvalue weighted by molar-refractivity contribution is 8.00. The van der Waals surface area contributed by atoms with Crippen LogP contribution in [0.15, 0.2) is 41.6 Å². The van der Waals surface area contributed by atoms with Crippen LogP contribution in [-0.4, -0.2) is 27.6 Å². The van der Waals surface area contributed by atoms with E-state index in [4.69, 9.17) is 11.6 Å².